The van der Waals surface area contributed by atoms with Crippen LogP contribution in [-0.2, 0) is 9.59 Å². The van der Waals surface area contributed by atoms with E-state index in [9.17, 15) is 14.7 Å². The average Bonchev–Trinajstić information content (AvgIpc) is 2.80. The Morgan fingerprint density at radius 3 is 2.60 bits per heavy atom. The molecule has 1 heterocycles. The summed E-state index contributed by atoms with van der Waals surface area (Å²) in [5.74, 6) is -1.18. The predicted octanol–water partition coefficient (Wildman–Crippen LogP) is 2.78. The van der Waals surface area contributed by atoms with Crippen LogP contribution >= 0.6 is 15.9 Å². The Bertz CT molecular complexity index is 539. The van der Waals surface area contributed by atoms with Gasteiger partial charge < -0.3 is 10.0 Å². The molecule has 2 rings (SSSR count). The van der Waals surface area contributed by atoms with Crippen LogP contribution in [0.15, 0.2) is 34.8 Å². The highest BCUT2D eigenvalue weighted by Crippen LogP contribution is 2.24. The molecule has 2 unspecified atom stereocenters. The molecule has 1 saturated heterocycles. The van der Waals surface area contributed by atoms with Crippen LogP contribution in [-0.4, -0.2) is 34.5 Å². The number of benzene rings is 1. The summed E-state index contributed by atoms with van der Waals surface area (Å²) in [4.78, 5) is 24.8. The van der Waals surface area contributed by atoms with Crippen molar-refractivity contribution in [2.45, 2.75) is 19.4 Å². The van der Waals surface area contributed by atoms with Crippen LogP contribution in [0.25, 0.3) is 6.08 Å². The number of nitrogens with zero attached hydrogens (tertiary/aromatic N) is 1. The molecular formula is C15H16BrNO3. The average molecular weight is 338 g/mol. The Hall–Kier alpha value is -1.62. The lowest BCUT2D eigenvalue weighted by molar-refractivity contribution is -0.147. The molecule has 0 bridgehead atoms. The standard InChI is InChI=1S/C15H16BrNO3/c1-10-8-9-17(14(10)15(19)20)13(18)7-4-11-2-5-12(16)6-3-11/h2-7,10,14H,8-9H2,1H3,(H,19,20)/b7-4+. The van der Waals surface area contributed by atoms with E-state index in [1.54, 1.807) is 6.08 Å². The van der Waals surface area contributed by atoms with Crippen molar-refractivity contribution in [2.75, 3.05) is 6.54 Å². The third-order valence-corrected chi connectivity index (χ3v) is 4.05. The van der Waals surface area contributed by atoms with Gasteiger partial charge in [-0.05, 0) is 36.1 Å². The quantitative estimate of drug-likeness (QED) is 0.863. The van der Waals surface area contributed by atoms with Crippen LogP contribution in [0, 0.1) is 5.92 Å². The molecule has 0 aliphatic carbocycles. The van der Waals surface area contributed by atoms with Crippen LogP contribution in [0.3, 0.4) is 0 Å². The van der Waals surface area contributed by atoms with E-state index >= 15 is 0 Å². The van der Waals surface area contributed by atoms with Crippen LogP contribution in [0.4, 0.5) is 0 Å². The van der Waals surface area contributed by atoms with Crippen LogP contribution < -0.4 is 0 Å². The lowest BCUT2D eigenvalue weighted by Gasteiger charge is -2.21. The number of carboxylic acid groups (broad SMARTS) is 1. The van der Waals surface area contributed by atoms with Crippen molar-refractivity contribution >= 4 is 33.9 Å². The van der Waals surface area contributed by atoms with Gasteiger partial charge in [0.05, 0.1) is 0 Å². The van der Waals surface area contributed by atoms with Crippen molar-refractivity contribution < 1.29 is 14.7 Å². The zero-order valence-corrected chi connectivity index (χ0v) is 12.7. The second-order valence-electron chi connectivity index (χ2n) is 4.97. The summed E-state index contributed by atoms with van der Waals surface area (Å²) in [5.41, 5.74) is 0.903. The third-order valence-electron chi connectivity index (χ3n) is 3.52. The number of hydrogen-bond donors (Lipinski definition) is 1. The first-order chi connectivity index (χ1) is 9.49. The second kappa shape index (κ2) is 6.22. The fraction of sp³-hybridized carbons (Fsp3) is 0.333. The van der Waals surface area contributed by atoms with Gasteiger partial charge >= 0.3 is 5.97 Å². The van der Waals surface area contributed by atoms with Gasteiger partial charge in [0.2, 0.25) is 5.91 Å². The minimum absolute atomic E-state index is 0.00229. The minimum Gasteiger partial charge on any atom is -0.480 e. The van der Waals surface area contributed by atoms with Crippen molar-refractivity contribution in [1.82, 2.24) is 4.90 Å². The van der Waals surface area contributed by atoms with E-state index in [4.69, 9.17) is 0 Å². The molecule has 1 aromatic rings. The predicted molar refractivity (Wildman–Crippen MR) is 80.1 cm³/mol. The number of amides is 1. The molecule has 2 atom stereocenters. The van der Waals surface area contributed by atoms with E-state index in [1.165, 1.54) is 11.0 Å². The lowest BCUT2D eigenvalue weighted by Crippen LogP contribution is -2.42. The van der Waals surface area contributed by atoms with Gasteiger partial charge in [-0.1, -0.05) is 35.0 Å². The summed E-state index contributed by atoms with van der Waals surface area (Å²) in [5, 5.41) is 9.20. The maximum Gasteiger partial charge on any atom is 0.326 e. The highest BCUT2D eigenvalue weighted by atomic mass is 79.9. The zero-order chi connectivity index (χ0) is 14.7. The van der Waals surface area contributed by atoms with Gasteiger partial charge in [-0.2, -0.15) is 0 Å². The Kier molecular flexibility index (Phi) is 4.60. The Morgan fingerprint density at radius 1 is 1.35 bits per heavy atom. The van der Waals surface area contributed by atoms with E-state index in [2.05, 4.69) is 15.9 Å². The van der Waals surface area contributed by atoms with Crippen molar-refractivity contribution in [3.05, 3.63) is 40.4 Å². The monoisotopic (exact) mass is 337 g/mol. The number of carbonyl (C=O) groups is 2. The molecular weight excluding hydrogens is 322 g/mol. The van der Waals surface area contributed by atoms with Crippen LogP contribution in [0.2, 0.25) is 0 Å². The number of aliphatic carboxylic acids is 1. The Labute approximate surface area is 126 Å². The van der Waals surface area contributed by atoms with Crippen molar-refractivity contribution in [3.63, 3.8) is 0 Å². The number of carboxylic acids is 1. The van der Waals surface area contributed by atoms with Gasteiger partial charge in [0.1, 0.15) is 6.04 Å². The largest absolute Gasteiger partial charge is 0.480 e. The van der Waals surface area contributed by atoms with Crippen LogP contribution in [0.5, 0.6) is 0 Å². The minimum atomic E-state index is -0.930. The molecule has 1 aromatic carbocycles. The summed E-state index contributed by atoms with van der Waals surface area (Å²) in [6.07, 6.45) is 3.88. The lowest BCUT2D eigenvalue weighted by atomic mass is 10.0. The fourth-order valence-electron chi connectivity index (χ4n) is 2.41. The maximum atomic E-state index is 12.1. The van der Waals surface area contributed by atoms with Gasteiger partial charge in [-0.25, -0.2) is 4.79 Å². The molecule has 1 fully saturated rings. The normalized spacial score (nSPS) is 22.4. The van der Waals surface area contributed by atoms with Crippen LogP contribution in [0.1, 0.15) is 18.9 Å². The van der Waals surface area contributed by atoms with E-state index < -0.39 is 12.0 Å². The molecule has 1 aliphatic heterocycles. The summed E-state index contributed by atoms with van der Waals surface area (Å²) < 4.78 is 0.972. The van der Waals surface area contributed by atoms with Crippen molar-refractivity contribution in [1.29, 1.82) is 0 Å². The van der Waals surface area contributed by atoms with Gasteiger partial charge in [0.15, 0.2) is 0 Å². The van der Waals surface area contributed by atoms with E-state index in [-0.39, 0.29) is 11.8 Å². The molecule has 106 valence electrons. The summed E-state index contributed by atoms with van der Waals surface area (Å²) in [7, 11) is 0. The molecule has 0 spiro atoms. The first-order valence-electron chi connectivity index (χ1n) is 6.46. The number of carbonyl (C=O) groups excluding carboxylic acids is 1. The molecule has 4 nitrogen and oxygen atoms in total. The molecule has 1 N–H and O–H groups in total. The Balaban J connectivity index is 2.08. The summed E-state index contributed by atoms with van der Waals surface area (Å²) >= 11 is 3.35. The SMILES string of the molecule is CC1CCN(C(=O)/C=C/c2ccc(Br)cc2)C1C(=O)O. The number of rotatable bonds is 3. The van der Waals surface area contributed by atoms with Gasteiger partial charge in [-0.3, -0.25) is 4.79 Å². The van der Waals surface area contributed by atoms with E-state index in [0.29, 0.717) is 6.54 Å². The van der Waals surface area contributed by atoms with E-state index in [1.807, 2.05) is 31.2 Å². The fourth-order valence-corrected chi connectivity index (χ4v) is 2.67. The molecule has 1 amide bonds. The zero-order valence-electron chi connectivity index (χ0n) is 11.1. The molecule has 5 heteroatoms. The number of likely N-dealkylation sites (tertiary alicyclic amines) is 1. The highest BCUT2D eigenvalue weighted by Gasteiger charge is 2.38. The molecule has 0 aromatic heterocycles. The third kappa shape index (κ3) is 3.28. The van der Waals surface area contributed by atoms with Crippen molar-refractivity contribution in [2.24, 2.45) is 5.92 Å². The van der Waals surface area contributed by atoms with Gasteiger partial charge in [-0.15, -0.1) is 0 Å². The first kappa shape index (κ1) is 14.8. The molecule has 0 saturated carbocycles. The second-order valence-corrected chi connectivity index (χ2v) is 5.88. The van der Waals surface area contributed by atoms with Gasteiger partial charge in [0.25, 0.3) is 0 Å². The maximum absolute atomic E-state index is 12.1. The summed E-state index contributed by atoms with van der Waals surface area (Å²) in [6.45, 7) is 2.37. The van der Waals surface area contributed by atoms with E-state index in [0.717, 1.165) is 16.5 Å². The first-order valence-corrected chi connectivity index (χ1v) is 7.25. The topological polar surface area (TPSA) is 57.6 Å². The summed E-state index contributed by atoms with van der Waals surface area (Å²) in [6, 6.07) is 6.84. The van der Waals surface area contributed by atoms with Crippen molar-refractivity contribution in [3.8, 4) is 0 Å². The molecule has 1 aliphatic rings. The number of halogens is 1. The molecule has 0 radical (unpaired) electrons. The smallest absolute Gasteiger partial charge is 0.326 e. The molecule has 20 heavy (non-hydrogen) atoms. The Morgan fingerprint density at radius 2 is 2.00 bits per heavy atom. The van der Waals surface area contributed by atoms with Gasteiger partial charge in [0, 0.05) is 17.1 Å². The highest BCUT2D eigenvalue weighted by molar-refractivity contribution is 9.10. The number of hydrogen-bond acceptors (Lipinski definition) is 2.